The molecule has 0 spiro atoms. The lowest BCUT2D eigenvalue weighted by molar-refractivity contribution is -0.192. The van der Waals surface area contributed by atoms with Crippen molar-refractivity contribution < 1.29 is 36.3 Å². The summed E-state index contributed by atoms with van der Waals surface area (Å²) in [5.74, 6) is -2.04. The number of benzene rings is 2. The molecule has 0 unspecified atom stereocenters. The standard InChI is InChI=1S/C24H30N2O3S.C2HF3O2/c1-18-7-5-6-10-22(18)30(28,29)26-21-13-11-20(12-14-21)24(15-16-24)23(27)25-17-19-8-3-2-4-9-19;3-2(4,5)1(6)7/h5-7,10-14,19,26H,2-4,8-9,15-17H2,1H3,(H,25,27);(H,6,7). The van der Waals surface area contributed by atoms with Gasteiger partial charge < -0.3 is 10.4 Å². The topological polar surface area (TPSA) is 113 Å². The SMILES string of the molecule is Cc1ccccc1S(=O)(=O)Nc1ccc(C2(C(=O)NCC3CCCCC3)CC2)cc1.O=C(O)C(F)(F)F. The average molecular weight is 541 g/mol. The lowest BCUT2D eigenvalue weighted by atomic mass is 9.88. The number of amides is 1. The van der Waals surface area contributed by atoms with E-state index in [9.17, 15) is 26.4 Å². The molecule has 202 valence electrons. The van der Waals surface area contributed by atoms with Crippen molar-refractivity contribution in [3.63, 3.8) is 0 Å². The minimum absolute atomic E-state index is 0.112. The molecule has 0 radical (unpaired) electrons. The summed E-state index contributed by atoms with van der Waals surface area (Å²) in [6.45, 7) is 2.55. The van der Waals surface area contributed by atoms with Crippen LogP contribution >= 0.6 is 0 Å². The molecule has 2 aromatic rings. The first-order valence-electron chi connectivity index (χ1n) is 12.1. The highest BCUT2D eigenvalue weighted by Crippen LogP contribution is 2.48. The third kappa shape index (κ3) is 7.47. The summed E-state index contributed by atoms with van der Waals surface area (Å²) in [5.41, 5.74) is 1.72. The molecule has 37 heavy (non-hydrogen) atoms. The first-order chi connectivity index (χ1) is 17.3. The van der Waals surface area contributed by atoms with Gasteiger partial charge in [0.05, 0.1) is 10.3 Å². The second-order valence-corrected chi connectivity index (χ2v) is 11.2. The largest absolute Gasteiger partial charge is 0.490 e. The van der Waals surface area contributed by atoms with Crippen molar-refractivity contribution in [2.24, 2.45) is 5.92 Å². The van der Waals surface area contributed by atoms with Gasteiger partial charge in [0.25, 0.3) is 10.0 Å². The van der Waals surface area contributed by atoms with Gasteiger partial charge >= 0.3 is 12.1 Å². The zero-order valence-corrected chi connectivity index (χ0v) is 21.3. The number of carbonyl (C=O) groups excluding carboxylic acids is 1. The maximum Gasteiger partial charge on any atom is 0.490 e. The van der Waals surface area contributed by atoms with Crippen LogP contribution < -0.4 is 10.0 Å². The zero-order chi connectivity index (χ0) is 27.3. The highest BCUT2D eigenvalue weighted by Gasteiger charge is 2.51. The minimum Gasteiger partial charge on any atom is -0.475 e. The fourth-order valence-corrected chi connectivity index (χ4v) is 5.80. The molecule has 2 aliphatic carbocycles. The molecule has 0 atom stereocenters. The number of halogens is 3. The van der Waals surface area contributed by atoms with E-state index in [1.165, 1.54) is 32.1 Å². The monoisotopic (exact) mass is 540 g/mol. The van der Waals surface area contributed by atoms with Crippen LogP contribution in [0.2, 0.25) is 0 Å². The van der Waals surface area contributed by atoms with E-state index in [2.05, 4.69) is 10.0 Å². The molecule has 4 rings (SSSR count). The predicted octanol–water partition coefficient (Wildman–Crippen LogP) is 5.16. The Balaban J connectivity index is 0.000000479. The summed E-state index contributed by atoms with van der Waals surface area (Å²) < 4.78 is 59.7. The molecule has 2 aromatic carbocycles. The molecular formula is C26H31F3N2O5S. The van der Waals surface area contributed by atoms with E-state index in [1.807, 2.05) is 18.2 Å². The Labute approximate surface area is 214 Å². The van der Waals surface area contributed by atoms with Gasteiger partial charge in [0.1, 0.15) is 0 Å². The molecule has 11 heteroatoms. The van der Waals surface area contributed by atoms with Crippen molar-refractivity contribution in [3.8, 4) is 0 Å². The van der Waals surface area contributed by atoms with Gasteiger partial charge in [0, 0.05) is 12.2 Å². The van der Waals surface area contributed by atoms with Gasteiger partial charge in [0.15, 0.2) is 0 Å². The Morgan fingerprint density at radius 1 is 1.00 bits per heavy atom. The van der Waals surface area contributed by atoms with Crippen LogP contribution in [0.5, 0.6) is 0 Å². The van der Waals surface area contributed by atoms with Crippen molar-refractivity contribution in [2.75, 3.05) is 11.3 Å². The van der Waals surface area contributed by atoms with Crippen LogP contribution in [0.15, 0.2) is 53.4 Å². The summed E-state index contributed by atoms with van der Waals surface area (Å²) in [7, 11) is -3.64. The number of sulfonamides is 1. The fraction of sp³-hybridized carbons (Fsp3) is 0.462. The highest BCUT2D eigenvalue weighted by molar-refractivity contribution is 7.92. The summed E-state index contributed by atoms with van der Waals surface area (Å²) in [6.07, 6.45) is 2.88. The third-order valence-electron chi connectivity index (χ3n) is 6.78. The van der Waals surface area contributed by atoms with Gasteiger partial charge in [-0.05, 0) is 67.9 Å². The molecule has 0 heterocycles. The van der Waals surface area contributed by atoms with E-state index in [-0.39, 0.29) is 10.8 Å². The van der Waals surface area contributed by atoms with Crippen LogP contribution in [-0.2, 0) is 25.0 Å². The zero-order valence-electron chi connectivity index (χ0n) is 20.5. The Morgan fingerprint density at radius 3 is 2.08 bits per heavy atom. The number of hydrogen-bond acceptors (Lipinski definition) is 4. The second-order valence-electron chi connectivity index (χ2n) is 9.55. The Hall–Kier alpha value is -3.08. The maximum atomic E-state index is 12.9. The lowest BCUT2D eigenvalue weighted by Gasteiger charge is -2.23. The van der Waals surface area contributed by atoms with Crippen LogP contribution in [0.25, 0.3) is 0 Å². The normalized spacial score (nSPS) is 17.2. The molecule has 2 aliphatic rings. The molecule has 3 N–H and O–H groups in total. The fourth-order valence-electron chi connectivity index (χ4n) is 4.49. The van der Waals surface area contributed by atoms with Gasteiger partial charge in [-0.2, -0.15) is 13.2 Å². The van der Waals surface area contributed by atoms with Crippen LogP contribution in [0.1, 0.15) is 56.1 Å². The lowest BCUT2D eigenvalue weighted by Crippen LogP contribution is -2.38. The quantitative estimate of drug-likeness (QED) is 0.449. The van der Waals surface area contributed by atoms with Crippen LogP contribution in [0, 0.1) is 12.8 Å². The smallest absolute Gasteiger partial charge is 0.475 e. The van der Waals surface area contributed by atoms with Crippen molar-refractivity contribution in [2.45, 2.75) is 68.4 Å². The van der Waals surface area contributed by atoms with E-state index >= 15 is 0 Å². The number of aryl methyl sites for hydroxylation is 1. The molecule has 1 amide bonds. The number of carboxylic acid groups (broad SMARTS) is 1. The number of alkyl halides is 3. The van der Waals surface area contributed by atoms with E-state index in [0.29, 0.717) is 17.2 Å². The van der Waals surface area contributed by atoms with Gasteiger partial charge in [-0.3, -0.25) is 9.52 Å². The number of hydrogen-bond donors (Lipinski definition) is 3. The number of nitrogens with one attached hydrogen (secondary N) is 2. The molecule has 0 bridgehead atoms. The number of rotatable bonds is 7. The maximum absolute atomic E-state index is 12.9. The summed E-state index contributed by atoms with van der Waals surface area (Å²) >= 11 is 0. The van der Waals surface area contributed by atoms with E-state index in [0.717, 1.165) is 24.9 Å². The van der Waals surface area contributed by atoms with Crippen LogP contribution in [0.4, 0.5) is 18.9 Å². The first kappa shape index (κ1) is 28.5. The molecule has 0 saturated heterocycles. The van der Waals surface area contributed by atoms with Crippen LogP contribution in [-0.4, -0.2) is 38.1 Å². The predicted molar refractivity (Wildman–Crippen MR) is 133 cm³/mol. The minimum atomic E-state index is -5.08. The summed E-state index contributed by atoms with van der Waals surface area (Å²) in [6, 6.07) is 14.2. The Kier molecular flexibility index (Phi) is 8.88. The van der Waals surface area contributed by atoms with E-state index in [1.54, 1.807) is 37.3 Å². The van der Waals surface area contributed by atoms with E-state index in [4.69, 9.17) is 9.90 Å². The second kappa shape index (κ2) is 11.5. The van der Waals surface area contributed by atoms with Crippen LogP contribution in [0.3, 0.4) is 0 Å². The number of aliphatic carboxylic acids is 1. The third-order valence-corrected chi connectivity index (χ3v) is 8.32. The molecular weight excluding hydrogens is 509 g/mol. The van der Waals surface area contributed by atoms with Gasteiger partial charge in [-0.1, -0.05) is 49.6 Å². The molecule has 0 aliphatic heterocycles. The van der Waals surface area contributed by atoms with Gasteiger partial charge in [-0.25, -0.2) is 13.2 Å². The molecule has 2 fully saturated rings. The Bertz CT molecular complexity index is 1200. The summed E-state index contributed by atoms with van der Waals surface area (Å²) in [5, 5.41) is 10.3. The first-order valence-corrected chi connectivity index (χ1v) is 13.6. The van der Waals surface area contributed by atoms with Crippen molar-refractivity contribution in [1.82, 2.24) is 5.32 Å². The molecule has 2 saturated carbocycles. The number of carbonyl (C=O) groups is 2. The van der Waals surface area contributed by atoms with E-state index < -0.39 is 27.6 Å². The average Bonchev–Trinajstić information content (AvgIpc) is 3.65. The van der Waals surface area contributed by atoms with Crippen molar-refractivity contribution in [3.05, 3.63) is 59.7 Å². The highest BCUT2D eigenvalue weighted by atomic mass is 32.2. The van der Waals surface area contributed by atoms with Crippen molar-refractivity contribution >= 4 is 27.6 Å². The van der Waals surface area contributed by atoms with Gasteiger partial charge in [-0.15, -0.1) is 0 Å². The molecule has 0 aromatic heterocycles. The van der Waals surface area contributed by atoms with Gasteiger partial charge in [0.2, 0.25) is 5.91 Å². The number of anilines is 1. The van der Waals surface area contributed by atoms with Crippen molar-refractivity contribution in [1.29, 1.82) is 0 Å². The Morgan fingerprint density at radius 2 is 1.57 bits per heavy atom. The number of carboxylic acids is 1. The summed E-state index contributed by atoms with van der Waals surface area (Å²) in [4.78, 5) is 22.1. The molecule has 7 nitrogen and oxygen atoms in total.